The molecular formula is C23H29N3O7S. The molecule has 34 heavy (non-hydrogen) atoms. The van der Waals surface area contributed by atoms with Crippen LogP contribution in [-0.4, -0.2) is 63.6 Å². The molecule has 0 spiro atoms. The zero-order chi connectivity index (χ0) is 24.7. The Labute approximate surface area is 199 Å². The van der Waals surface area contributed by atoms with Gasteiger partial charge < -0.3 is 25.3 Å². The van der Waals surface area contributed by atoms with Gasteiger partial charge in [-0.15, -0.1) is 0 Å². The van der Waals surface area contributed by atoms with Crippen LogP contribution in [-0.2, 0) is 30.8 Å². The molecule has 1 fully saturated rings. The molecule has 0 unspecified atom stereocenters. The van der Waals surface area contributed by atoms with Crippen LogP contribution in [0.25, 0.3) is 0 Å². The average molecular weight is 492 g/mol. The van der Waals surface area contributed by atoms with Crippen molar-refractivity contribution in [2.45, 2.75) is 31.3 Å². The molecule has 0 atom stereocenters. The summed E-state index contributed by atoms with van der Waals surface area (Å²) in [6.45, 7) is 4.54. The second-order valence-corrected chi connectivity index (χ2v) is 9.90. The SMILES string of the molecule is CC(C)Oc1ccc(S(=O)(=O)N2CCOCC2)cc1NC(=O)COc1ccc(CC(N)=O)cc1. The summed E-state index contributed by atoms with van der Waals surface area (Å²) in [4.78, 5) is 23.6. The molecule has 2 aromatic carbocycles. The van der Waals surface area contributed by atoms with E-state index in [2.05, 4.69) is 5.32 Å². The van der Waals surface area contributed by atoms with Crippen LogP contribution in [0.5, 0.6) is 11.5 Å². The maximum Gasteiger partial charge on any atom is 0.262 e. The van der Waals surface area contributed by atoms with Gasteiger partial charge in [-0.2, -0.15) is 4.31 Å². The Morgan fingerprint density at radius 3 is 2.41 bits per heavy atom. The van der Waals surface area contributed by atoms with Crippen molar-refractivity contribution in [1.82, 2.24) is 4.31 Å². The highest BCUT2D eigenvalue weighted by Crippen LogP contribution is 2.30. The maximum atomic E-state index is 13.0. The van der Waals surface area contributed by atoms with Gasteiger partial charge in [0.2, 0.25) is 15.9 Å². The summed E-state index contributed by atoms with van der Waals surface area (Å²) < 4.78 is 43.9. The number of sulfonamides is 1. The van der Waals surface area contributed by atoms with Crippen molar-refractivity contribution in [2.75, 3.05) is 38.2 Å². The Hall–Kier alpha value is -3.15. The van der Waals surface area contributed by atoms with Gasteiger partial charge in [0.25, 0.3) is 5.91 Å². The van der Waals surface area contributed by atoms with Crippen LogP contribution in [0.1, 0.15) is 19.4 Å². The Morgan fingerprint density at radius 1 is 1.12 bits per heavy atom. The van der Waals surface area contributed by atoms with Crippen molar-refractivity contribution >= 4 is 27.5 Å². The maximum absolute atomic E-state index is 13.0. The summed E-state index contributed by atoms with van der Waals surface area (Å²) in [5, 5.41) is 2.68. The number of rotatable bonds is 10. The summed E-state index contributed by atoms with van der Waals surface area (Å²) in [7, 11) is -3.75. The summed E-state index contributed by atoms with van der Waals surface area (Å²) in [5.41, 5.74) is 6.14. The number of amides is 2. The molecule has 1 aliphatic heterocycles. The number of primary amides is 1. The number of nitrogens with two attached hydrogens (primary N) is 1. The number of hydrogen-bond acceptors (Lipinski definition) is 7. The zero-order valence-corrected chi connectivity index (χ0v) is 20.0. The first-order valence-electron chi connectivity index (χ1n) is 10.8. The van der Waals surface area contributed by atoms with E-state index >= 15 is 0 Å². The number of carbonyl (C=O) groups excluding carboxylic acids is 2. The third-order valence-corrected chi connectivity index (χ3v) is 6.76. The van der Waals surface area contributed by atoms with Crippen molar-refractivity contribution < 1.29 is 32.2 Å². The lowest BCUT2D eigenvalue weighted by molar-refractivity contribution is -0.118. The van der Waals surface area contributed by atoms with Crippen molar-refractivity contribution in [3.8, 4) is 11.5 Å². The van der Waals surface area contributed by atoms with Gasteiger partial charge in [-0.05, 0) is 49.7 Å². The fourth-order valence-electron chi connectivity index (χ4n) is 3.30. The molecule has 3 N–H and O–H groups in total. The van der Waals surface area contributed by atoms with Crippen molar-refractivity contribution in [2.24, 2.45) is 5.73 Å². The number of hydrogen-bond donors (Lipinski definition) is 2. The number of morpholine rings is 1. The largest absolute Gasteiger partial charge is 0.489 e. The second kappa shape index (κ2) is 11.3. The number of carbonyl (C=O) groups is 2. The summed E-state index contributed by atoms with van der Waals surface area (Å²) in [6.07, 6.45) is -0.0733. The van der Waals surface area contributed by atoms with Crippen LogP contribution in [0.4, 0.5) is 5.69 Å². The number of ether oxygens (including phenoxy) is 3. The molecule has 0 aliphatic carbocycles. The minimum atomic E-state index is -3.75. The molecule has 11 heteroatoms. The molecule has 0 aromatic heterocycles. The highest BCUT2D eigenvalue weighted by Gasteiger charge is 2.27. The molecule has 2 amide bonds. The Morgan fingerprint density at radius 2 is 1.79 bits per heavy atom. The van der Waals surface area contributed by atoms with Gasteiger partial charge in [0.1, 0.15) is 11.5 Å². The van der Waals surface area contributed by atoms with Gasteiger partial charge in [-0.1, -0.05) is 12.1 Å². The minimum Gasteiger partial charge on any atom is -0.489 e. The Kier molecular flexibility index (Phi) is 8.48. The Balaban J connectivity index is 1.72. The predicted molar refractivity (Wildman–Crippen MR) is 125 cm³/mol. The van der Waals surface area contributed by atoms with Crippen molar-refractivity contribution in [1.29, 1.82) is 0 Å². The van der Waals surface area contributed by atoms with E-state index in [4.69, 9.17) is 19.9 Å². The van der Waals surface area contributed by atoms with Gasteiger partial charge in [0.05, 0.1) is 36.3 Å². The standard InChI is InChI=1S/C23H29N3O7S/c1-16(2)33-21-8-7-19(34(29,30)26-9-11-31-12-10-26)14-20(21)25-23(28)15-32-18-5-3-17(4-6-18)13-22(24)27/h3-8,14,16H,9-13,15H2,1-2H3,(H2,24,27)(H,25,28). The van der Waals surface area contributed by atoms with Gasteiger partial charge in [-0.3, -0.25) is 9.59 Å². The predicted octanol–water partition coefficient (Wildman–Crippen LogP) is 1.54. The van der Waals surface area contributed by atoms with E-state index in [0.717, 1.165) is 5.56 Å². The van der Waals surface area contributed by atoms with Crippen LogP contribution in [0, 0.1) is 0 Å². The fourth-order valence-corrected chi connectivity index (χ4v) is 4.73. The Bertz CT molecular complexity index is 1110. The zero-order valence-electron chi connectivity index (χ0n) is 19.2. The van der Waals surface area contributed by atoms with Crippen molar-refractivity contribution in [3.05, 3.63) is 48.0 Å². The molecule has 0 saturated carbocycles. The van der Waals surface area contributed by atoms with E-state index in [0.29, 0.717) is 24.7 Å². The van der Waals surface area contributed by atoms with E-state index in [9.17, 15) is 18.0 Å². The monoisotopic (exact) mass is 491 g/mol. The highest BCUT2D eigenvalue weighted by atomic mass is 32.2. The molecule has 0 radical (unpaired) electrons. The average Bonchev–Trinajstić information content (AvgIpc) is 2.79. The highest BCUT2D eigenvalue weighted by molar-refractivity contribution is 7.89. The summed E-state index contributed by atoms with van der Waals surface area (Å²) in [6, 6.07) is 11.0. The van der Waals surface area contributed by atoms with E-state index in [1.54, 1.807) is 24.3 Å². The second-order valence-electron chi connectivity index (χ2n) is 7.96. The van der Waals surface area contributed by atoms with Crippen LogP contribution in [0.3, 0.4) is 0 Å². The van der Waals surface area contributed by atoms with Crippen LogP contribution < -0.4 is 20.5 Å². The topological polar surface area (TPSA) is 137 Å². The molecular weight excluding hydrogens is 462 g/mol. The first-order chi connectivity index (χ1) is 16.1. The van der Waals surface area contributed by atoms with Gasteiger partial charge in [-0.25, -0.2) is 8.42 Å². The van der Waals surface area contributed by atoms with Gasteiger partial charge >= 0.3 is 0 Å². The molecule has 1 saturated heterocycles. The smallest absolute Gasteiger partial charge is 0.262 e. The molecule has 1 heterocycles. The molecule has 184 valence electrons. The molecule has 3 rings (SSSR count). The lowest BCUT2D eigenvalue weighted by atomic mass is 10.1. The number of nitrogens with zero attached hydrogens (tertiary/aromatic N) is 1. The first kappa shape index (κ1) is 25.5. The van der Waals surface area contributed by atoms with E-state index in [-0.39, 0.29) is 42.8 Å². The lowest BCUT2D eigenvalue weighted by Gasteiger charge is -2.26. The summed E-state index contributed by atoms with van der Waals surface area (Å²) in [5.74, 6) is -0.146. The normalized spacial score (nSPS) is 14.6. The number of benzene rings is 2. The number of nitrogens with one attached hydrogen (secondary N) is 1. The summed E-state index contributed by atoms with van der Waals surface area (Å²) >= 11 is 0. The first-order valence-corrected chi connectivity index (χ1v) is 12.3. The van der Waals surface area contributed by atoms with Gasteiger partial charge in [0.15, 0.2) is 6.61 Å². The third kappa shape index (κ3) is 6.92. The van der Waals surface area contributed by atoms with Crippen LogP contribution in [0.2, 0.25) is 0 Å². The third-order valence-electron chi connectivity index (χ3n) is 4.87. The van der Waals surface area contributed by atoms with E-state index < -0.39 is 21.8 Å². The molecule has 0 bridgehead atoms. The molecule has 1 aliphatic rings. The quantitative estimate of drug-likeness (QED) is 0.514. The lowest BCUT2D eigenvalue weighted by Crippen LogP contribution is -2.40. The van der Waals surface area contributed by atoms with Gasteiger partial charge in [0, 0.05) is 13.1 Å². The van der Waals surface area contributed by atoms with Crippen molar-refractivity contribution in [3.63, 3.8) is 0 Å². The number of anilines is 1. The minimum absolute atomic E-state index is 0.0479. The molecule has 2 aromatic rings. The van der Waals surface area contributed by atoms with E-state index in [1.165, 1.54) is 22.5 Å². The van der Waals surface area contributed by atoms with Crippen LogP contribution in [0.15, 0.2) is 47.4 Å². The fraction of sp³-hybridized carbons (Fsp3) is 0.391. The van der Waals surface area contributed by atoms with E-state index in [1.807, 2.05) is 13.8 Å². The molecule has 10 nitrogen and oxygen atoms in total. The van der Waals surface area contributed by atoms with Crippen LogP contribution >= 0.6 is 0 Å².